The molecule has 1 aromatic heterocycles. The van der Waals surface area contributed by atoms with Crippen LogP contribution < -0.4 is 11.1 Å². The van der Waals surface area contributed by atoms with E-state index in [0.717, 1.165) is 22.7 Å². The highest BCUT2D eigenvalue weighted by Gasteiger charge is 2.27. The Labute approximate surface area is 168 Å². The molecule has 0 aliphatic carbocycles. The summed E-state index contributed by atoms with van der Waals surface area (Å²) in [6.07, 6.45) is 2.55. The van der Waals surface area contributed by atoms with Crippen LogP contribution in [0.25, 0.3) is 10.9 Å². The van der Waals surface area contributed by atoms with E-state index in [9.17, 15) is 14.4 Å². The lowest BCUT2D eigenvalue weighted by molar-refractivity contribution is -0.151. The third-order valence-electron chi connectivity index (χ3n) is 4.29. The maximum atomic E-state index is 12.6. The van der Waals surface area contributed by atoms with Crippen molar-refractivity contribution in [3.05, 3.63) is 36.0 Å². The first-order valence-corrected chi connectivity index (χ1v) is 9.36. The number of rotatable bonds is 10. The van der Waals surface area contributed by atoms with Crippen LogP contribution in [0.1, 0.15) is 32.3 Å². The van der Waals surface area contributed by atoms with E-state index in [1.165, 1.54) is 0 Å². The lowest BCUT2D eigenvalue weighted by Gasteiger charge is -2.20. The first-order chi connectivity index (χ1) is 13.8. The molecule has 2 rings (SSSR count). The highest BCUT2D eigenvalue weighted by atomic mass is 16.5. The number of H-pyrrole nitrogens is 1. The second kappa shape index (κ2) is 10.3. The highest BCUT2D eigenvalue weighted by Crippen LogP contribution is 2.18. The zero-order chi connectivity index (χ0) is 21.4. The number of aromatic amines is 1. The van der Waals surface area contributed by atoms with E-state index >= 15 is 0 Å². The van der Waals surface area contributed by atoms with Crippen LogP contribution in [0, 0.1) is 5.53 Å². The molecule has 9 nitrogen and oxygen atoms in total. The van der Waals surface area contributed by atoms with E-state index < -0.39 is 29.7 Å². The summed E-state index contributed by atoms with van der Waals surface area (Å²) in [6.45, 7) is 3.38. The summed E-state index contributed by atoms with van der Waals surface area (Å²) < 4.78 is 5.17. The third-order valence-corrected chi connectivity index (χ3v) is 4.29. The molecule has 0 aliphatic heterocycles. The number of aromatic nitrogens is 1. The van der Waals surface area contributed by atoms with Crippen LogP contribution in [0.15, 0.2) is 30.5 Å². The van der Waals surface area contributed by atoms with Gasteiger partial charge in [0, 0.05) is 23.5 Å². The molecule has 2 atom stereocenters. The van der Waals surface area contributed by atoms with Crippen LogP contribution in [-0.4, -0.2) is 51.8 Å². The lowest BCUT2D eigenvalue weighted by Crippen LogP contribution is -2.50. The number of ketones is 1. The average Bonchev–Trinajstić information content (AvgIpc) is 3.07. The molecule has 1 amide bonds. The lowest BCUT2D eigenvalue weighted by atomic mass is 10.0. The predicted molar refractivity (Wildman–Crippen MR) is 106 cm³/mol. The highest BCUT2D eigenvalue weighted by molar-refractivity contribution is 6.25. The van der Waals surface area contributed by atoms with Crippen LogP contribution in [0.4, 0.5) is 0 Å². The number of hydrogen-bond acceptors (Lipinski definition) is 6. The van der Waals surface area contributed by atoms with Crippen LogP contribution in [0.3, 0.4) is 0 Å². The van der Waals surface area contributed by atoms with E-state index in [0.29, 0.717) is 0 Å². The fourth-order valence-electron chi connectivity index (χ4n) is 2.90. The van der Waals surface area contributed by atoms with Crippen molar-refractivity contribution >= 4 is 34.8 Å². The number of nitrogens with two attached hydrogens (primary N) is 1. The summed E-state index contributed by atoms with van der Waals surface area (Å²) in [5.41, 5.74) is 14.6. The number of carbonyl (C=O) groups excluding carboxylic acids is 3. The molecule has 9 heteroatoms. The van der Waals surface area contributed by atoms with Crippen LogP contribution in [0.5, 0.6) is 0 Å². The Hall–Kier alpha value is -3.29. The van der Waals surface area contributed by atoms with Crippen molar-refractivity contribution in [3.8, 4) is 0 Å². The molecule has 0 fully saturated rings. The van der Waals surface area contributed by atoms with Crippen molar-refractivity contribution in [2.75, 3.05) is 0 Å². The van der Waals surface area contributed by atoms with Crippen LogP contribution >= 0.6 is 0 Å². The molecule has 0 radical (unpaired) electrons. The summed E-state index contributed by atoms with van der Waals surface area (Å²) in [7, 11) is 0. The summed E-state index contributed by atoms with van der Waals surface area (Å²) in [5, 5.41) is 3.57. The molecule has 29 heavy (non-hydrogen) atoms. The fourth-order valence-corrected chi connectivity index (χ4v) is 2.90. The zero-order valence-corrected chi connectivity index (χ0v) is 16.5. The molecule has 5 N–H and O–H groups in total. The van der Waals surface area contributed by atoms with Gasteiger partial charge in [0.1, 0.15) is 6.04 Å². The number of nitrogens with zero attached hydrogens (tertiary/aromatic N) is 1. The summed E-state index contributed by atoms with van der Waals surface area (Å²) >= 11 is 0. The molecule has 154 valence electrons. The fraction of sp³-hybridized carbons (Fsp3) is 0.400. The quantitative estimate of drug-likeness (QED) is 0.204. The summed E-state index contributed by atoms with van der Waals surface area (Å²) in [4.78, 5) is 42.5. The number of Topliss-reactive ketones (excluding diaryl/α,β-unsaturated/α-hetero) is 1. The Bertz CT molecular complexity index is 930. The standard InChI is InChI=1S/C20H25N5O4/c1-12(2)29-20(28)18(8-7-14(26)11-24-22)25-19(27)16(21)9-13-10-23-17-6-4-3-5-15(13)17/h3-6,10-12,16,18,22-23H,7-9,21H2,1-2H3/p+1/t16-,18?/m0/s1. The molecule has 0 saturated heterocycles. The van der Waals surface area contributed by atoms with Crippen molar-refractivity contribution in [3.63, 3.8) is 0 Å². The predicted octanol–water partition coefficient (Wildman–Crippen LogP) is 1.13. The van der Waals surface area contributed by atoms with Gasteiger partial charge < -0.3 is 20.8 Å². The number of benzene rings is 1. The molecule has 0 bridgehead atoms. The number of hydrogen-bond donors (Lipinski definition) is 4. The van der Waals surface area contributed by atoms with E-state index in [1.807, 2.05) is 24.3 Å². The second-order valence-electron chi connectivity index (χ2n) is 6.98. The largest absolute Gasteiger partial charge is 0.461 e. The minimum atomic E-state index is -1.01. The number of nitrogens with one attached hydrogen (secondary N) is 3. The second-order valence-corrected chi connectivity index (χ2v) is 6.98. The molecule has 0 aliphatic rings. The van der Waals surface area contributed by atoms with Crippen molar-refractivity contribution < 1.29 is 23.9 Å². The van der Waals surface area contributed by atoms with Crippen molar-refractivity contribution in [2.45, 2.75) is 51.3 Å². The molecule has 1 unspecified atom stereocenters. The smallest absolute Gasteiger partial charge is 0.372 e. The Kier molecular flexibility index (Phi) is 7.82. The van der Waals surface area contributed by atoms with E-state index in [1.54, 1.807) is 20.0 Å². The van der Waals surface area contributed by atoms with E-state index in [2.05, 4.69) is 15.1 Å². The number of amides is 1. The summed E-state index contributed by atoms with van der Waals surface area (Å²) in [5.74, 6) is -1.56. The van der Waals surface area contributed by atoms with Crippen LogP contribution in [-0.2, 0) is 25.5 Å². The number of ether oxygens (including phenoxy) is 1. The minimum Gasteiger partial charge on any atom is -0.461 e. The molecule has 1 aromatic carbocycles. The number of para-hydroxylation sites is 1. The normalized spacial score (nSPS) is 12.8. The van der Waals surface area contributed by atoms with Gasteiger partial charge in [-0.25, -0.2) is 4.79 Å². The SMILES string of the molecule is CC(C)OC(=O)C(CCC(=O)C=[N+]=N)NC(=O)[C@@H](N)Cc1c[nH]c2ccccc12. The average molecular weight is 400 g/mol. The van der Waals surface area contributed by atoms with Gasteiger partial charge in [-0.3, -0.25) is 9.59 Å². The maximum Gasteiger partial charge on any atom is 0.372 e. The maximum absolute atomic E-state index is 12.6. The Morgan fingerprint density at radius 3 is 2.72 bits per heavy atom. The van der Waals surface area contributed by atoms with Crippen molar-refractivity contribution in [2.24, 2.45) is 5.73 Å². The van der Waals surface area contributed by atoms with Gasteiger partial charge >= 0.3 is 12.2 Å². The van der Waals surface area contributed by atoms with Gasteiger partial charge in [0.05, 0.1) is 22.5 Å². The Balaban J connectivity index is 2.05. The topological polar surface area (TPSA) is 152 Å². The first-order valence-electron chi connectivity index (χ1n) is 9.36. The Morgan fingerprint density at radius 1 is 1.31 bits per heavy atom. The number of carbonyl (C=O) groups is 3. The zero-order valence-electron chi connectivity index (χ0n) is 16.5. The van der Waals surface area contributed by atoms with Gasteiger partial charge in [-0.05, 0) is 38.3 Å². The van der Waals surface area contributed by atoms with Gasteiger partial charge in [0.15, 0.2) is 0 Å². The molecular weight excluding hydrogens is 374 g/mol. The molecule has 1 heterocycles. The van der Waals surface area contributed by atoms with Gasteiger partial charge in [-0.15, -0.1) is 0 Å². The van der Waals surface area contributed by atoms with Crippen molar-refractivity contribution in [1.29, 1.82) is 5.53 Å². The van der Waals surface area contributed by atoms with Gasteiger partial charge in [-0.2, -0.15) is 0 Å². The first kappa shape index (κ1) is 22.0. The molecule has 0 spiro atoms. The number of esters is 1. The minimum absolute atomic E-state index is 0.0297. The molecule has 0 saturated carbocycles. The summed E-state index contributed by atoms with van der Waals surface area (Å²) in [6, 6.07) is 5.79. The monoisotopic (exact) mass is 400 g/mol. The Morgan fingerprint density at radius 2 is 2.03 bits per heavy atom. The van der Waals surface area contributed by atoms with Gasteiger partial charge in [-0.1, -0.05) is 18.2 Å². The van der Waals surface area contributed by atoms with Crippen LogP contribution in [0.2, 0.25) is 0 Å². The van der Waals surface area contributed by atoms with Gasteiger partial charge in [0.25, 0.3) is 0 Å². The van der Waals surface area contributed by atoms with Gasteiger partial charge in [0.2, 0.25) is 11.7 Å². The molecule has 2 aromatic rings. The van der Waals surface area contributed by atoms with E-state index in [-0.39, 0.29) is 25.4 Å². The van der Waals surface area contributed by atoms with E-state index in [4.69, 9.17) is 16.0 Å². The molecular formula is C20H26N5O4+. The van der Waals surface area contributed by atoms with Crippen molar-refractivity contribution in [1.82, 2.24) is 10.3 Å². The third kappa shape index (κ3) is 6.38. The number of fused-ring (bicyclic) bond motifs is 1.